The summed E-state index contributed by atoms with van der Waals surface area (Å²) < 4.78 is 105. The third kappa shape index (κ3) is 5.70. The molecule has 41 heavy (non-hydrogen) atoms. The van der Waals surface area contributed by atoms with Crippen LogP contribution < -0.4 is 10.6 Å². The second kappa shape index (κ2) is 10.1. The molecule has 0 saturated carbocycles. The van der Waals surface area contributed by atoms with Crippen molar-refractivity contribution >= 4 is 56.2 Å². The average molecular weight is 640 g/mol. The summed E-state index contributed by atoms with van der Waals surface area (Å²) in [5.74, 6) is -3.50. The van der Waals surface area contributed by atoms with E-state index >= 15 is 0 Å². The largest absolute Gasteiger partial charge is 0.471 e. The Morgan fingerprint density at radius 3 is 2.54 bits per heavy atom. The number of amides is 2. The van der Waals surface area contributed by atoms with Crippen LogP contribution in [-0.4, -0.2) is 60.1 Å². The molecule has 3 aromatic rings. The van der Waals surface area contributed by atoms with Crippen LogP contribution in [0.15, 0.2) is 29.3 Å². The zero-order valence-electron chi connectivity index (χ0n) is 20.3. The van der Waals surface area contributed by atoms with Crippen LogP contribution in [0, 0.1) is 0 Å². The van der Waals surface area contributed by atoms with Crippen LogP contribution in [0.2, 0.25) is 5.02 Å². The molecule has 2 aromatic heterocycles. The van der Waals surface area contributed by atoms with Crippen molar-refractivity contribution in [2.45, 2.75) is 30.2 Å². The third-order valence-corrected chi connectivity index (χ3v) is 9.62. The van der Waals surface area contributed by atoms with Crippen molar-refractivity contribution in [3.05, 3.63) is 51.0 Å². The van der Waals surface area contributed by atoms with Crippen molar-refractivity contribution in [2.75, 3.05) is 24.2 Å². The molecular weight excluding hydrogens is 624 g/mol. The normalized spacial score (nSPS) is 16.9. The Morgan fingerprint density at radius 2 is 1.85 bits per heavy atom. The molecule has 1 aromatic carbocycles. The van der Waals surface area contributed by atoms with Crippen LogP contribution in [0.5, 0.6) is 0 Å². The van der Waals surface area contributed by atoms with Gasteiger partial charge in [0.1, 0.15) is 10.4 Å². The monoisotopic (exact) mass is 639 g/mol. The second-order valence-electron chi connectivity index (χ2n) is 9.03. The summed E-state index contributed by atoms with van der Waals surface area (Å²) in [4.78, 5) is 31.4. The van der Waals surface area contributed by atoms with Gasteiger partial charge in [-0.3, -0.25) is 9.59 Å². The maximum absolute atomic E-state index is 13.9. The number of thiophene rings is 1. The van der Waals surface area contributed by atoms with E-state index in [1.54, 1.807) is 0 Å². The van der Waals surface area contributed by atoms with Crippen LogP contribution in [0.1, 0.15) is 26.4 Å². The fraction of sp³-hybridized carbons (Fsp3) is 0.304. The number of alkyl halides is 6. The highest BCUT2D eigenvalue weighted by Crippen LogP contribution is 2.42. The van der Waals surface area contributed by atoms with Crippen LogP contribution in [0.25, 0.3) is 10.6 Å². The molecule has 2 aliphatic heterocycles. The van der Waals surface area contributed by atoms with Gasteiger partial charge in [-0.05, 0) is 35.7 Å². The van der Waals surface area contributed by atoms with Gasteiger partial charge in [0.2, 0.25) is 5.95 Å². The van der Waals surface area contributed by atoms with Gasteiger partial charge in [0.25, 0.3) is 5.91 Å². The second-order valence-corrected chi connectivity index (χ2v) is 12.6. The highest BCUT2D eigenvalue weighted by Gasteiger charge is 2.43. The maximum atomic E-state index is 13.9. The predicted molar refractivity (Wildman–Crippen MR) is 135 cm³/mol. The SMILES string of the molecule is O=C1NCCS(=O)(=O)c2cc(-c3nc(Nc4cc5c(cc4Cl)CN(C(=O)C(F)(F)F)CC5)ncc3C(F)(F)F)sc21. The minimum Gasteiger partial charge on any atom is -0.350 e. The number of hydrogen-bond acceptors (Lipinski definition) is 8. The highest BCUT2D eigenvalue weighted by atomic mass is 35.5. The number of halogens is 7. The van der Waals surface area contributed by atoms with Crippen molar-refractivity contribution < 1.29 is 44.3 Å². The number of sulfone groups is 1. The van der Waals surface area contributed by atoms with Gasteiger partial charge in [-0.1, -0.05) is 11.6 Å². The number of anilines is 2. The quantitative estimate of drug-likeness (QED) is 0.403. The zero-order valence-corrected chi connectivity index (χ0v) is 22.7. The molecular formula is C23H16ClF6N5O4S2. The maximum Gasteiger partial charge on any atom is 0.471 e. The molecule has 0 spiro atoms. The van der Waals surface area contributed by atoms with Gasteiger partial charge in [0, 0.05) is 25.8 Å². The Labute approximate surface area is 236 Å². The molecule has 0 bridgehead atoms. The van der Waals surface area contributed by atoms with Crippen LogP contribution in [0.3, 0.4) is 0 Å². The molecule has 0 unspecified atom stereocenters. The van der Waals surface area contributed by atoms with Gasteiger partial charge in [-0.15, -0.1) is 11.3 Å². The van der Waals surface area contributed by atoms with E-state index in [1.165, 1.54) is 12.1 Å². The first-order valence-corrected chi connectivity index (χ1v) is 14.4. The summed E-state index contributed by atoms with van der Waals surface area (Å²) in [6.45, 7) is -0.702. The minimum atomic E-state index is -5.03. The summed E-state index contributed by atoms with van der Waals surface area (Å²) >= 11 is 6.82. The van der Waals surface area contributed by atoms with Crippen molar-refractivity contribution in [1.29, 1.82) is 0 Å². The molecule has 4 heterocycles. The summed E-state index contributed by atoms with van der Waals surface area (Å²) in [5, 5.41) is 5.05. The number of carbonyl (C=O) groups is 2. The summed E-state index contributed by atoms with van der Waals surface area (Å²) in [6.07, 6.45) is -9.41. The Morgan fingerprint density at radius 1 is 1.12 bits per heavy atom. The zero-order chi connectivity index (χ0) is 29.9. The lowest BCUT2D eigenvalue weighted by Gasteiger charge is -2.30. The minimum absolute atomic E-state index is 0.0271. The average Bonchev–Trinajstić information content (AvgIpc) is 3.30. The van der Waals surface area contributed by atoms with Crippen molar-refractivity contribution in [3.63, 3.8) is 0 Å². The number of nitrogens with zero attached hydrogens (tertiary/aromatic N) is 3. The molecule has 218 valence electrons. The first kappa shape index (κ1) is 29.1. The van der Waals surface area contributed by atoms with Gasteiger partial charge in [-0.25, -0.2) is 18.4 Å². The molecule has 0 saturated heterocycles. The molecule has 0 fully saturated rings. The van der Waals surface area contributed by atoms with Crippen molar-refractivity contribution in [3.8, 4) is 10.6 Å². The number of carbonyl (C=O) groups excluding carboxylic acids is 2. The first-order chi connectivity index (χ1) is 19.0. The summed E-state index contributed by atoms with van der Waals surface area (Å²) in [6, 6.07) is 3.78. The van der Waals surface area contributed by atoms with E-state index in [9.17, 15) is 44.3 Å². The van der Waals surface area contributed by atoms with E-state index in [0.29, 0.717) is 33.6 Å². The molecule has 2 N–H and O–H groups in total. The molecule has 9 nitrogen and oxygen atoms in total. The van der Waals surface area contributed by atoms with Gasteiger partial charge in [-0.2, -0.15) is 26.3 Å². The molecule has 2 amide bonds. The van der Waals surface area contributed by atoms with Crippen LogP contribution >= 0.6 is 22.9 Å². The highest BCUT2D eigenvalue weighted by molar-refractivity contribution is 7.91. The number of nitrogens with one attached hydrogen (secondary N) is 2. The van der Waals surface area contributed by atoms with Crippen LogP contribution in [0.4, 0.5) is 38.0 Å². The number of rotatable bonds is 3. The lowest BCUT2D eigenvalue weighted by atomic mass is 9.99. The van der Waals surface area contributed by atoms with Crippen LogP contribution in [-0.2, 0) is 33.8 Å². The number of fused-ring (bicyclic) bond motifs is 2. The predicted octanol–water partition coefficient (Wildman–Crippen LogP) is 4.59. The topological polar surface area (TPSA) is 121 Å². The lowest BCUT2D eigenvalue weighted by molar-refractivity contribution is -0.186. The van der Waals surface area contributed by atoms with Gasteiger partial charge in [0.15, 0.2) is 9.84 Å². The van der Waals surface area contributed by atoms with E-state index in [0.717, 1.165) is 6.07 Å². The van der Waals surface area contributed by atoms with E-state index in [4.69, 9.17) is 11.6 Å². The van der Waals surface area contributed by atoms with E-state index in [2.05, 4.69) is 20.6 Å². The lowest BCUT2D eigenvalue weighted by Crippen LogP contribution is -2.43. The van der Waals surface area contributed by atoms with E-state index in [-0.39, 0.29) is 52.5 Å². The molecule has 5 rings (SSSR count). The molecule has 18 heteroatoms. The molecule has 0 aliphatic carbocycles. The number of benzene rings is 1. The van der Waals surface area contributed by atoms with Gasteiger partial charge < -0.3 is 15.5 Å². The van der Waals surface area contributed by atoms with Gasteiger partial charge >= 0.3 is 18.3 Å². The number of aromatic nitrogens is 2. The summed E-state index contributed by atoms with van der Waals surface area (Å²) in [7, 11) is -3.96. The fourth-order valence-electron chi connectivity index (χ4n) is 4.35. The molecule has 0 atom stereocenters. The Bertz CT molecular complexity index is 1690. The first-order valence-electron chi connectivity index (χ1n) is 11.6. The fourth-order valence-corrected chi connectivity index (χ4v) is 7.41. The molecule has 2 aliphatic rings. The summed E-state index contributed by atoms with van der Waals surface area (Å²) in [5.41, 5.74) is -0.906. The van der Waals surface area contributed by atoms with Gasteiger partial charge in [0.05, 0.1) is 31.9 Å². The smallest absolute Gasteiger partial charge is 0.350 e. The Balaban J connectivity index is 1.50. The number of hydrogen-bond donors (Lipinski definition) is 2. The third-order valence-electron chi connectivity index (χ3n) is 6.30. The standard InChI is InChI=1S/C23H16ClF6N5O4S2/c24-13-5-11-9-35(20(37)23(28,29)30)3-1-10(11)6-14(13)33-21-32-8-12(22(25,26)27)17(34-21)15-7-16-18(40-15)19(36)31-2-4-41(16,38)39/h5-8H,1-4,9H2,(H,31,36)(H,32,33,34). The Hall–Kier alpha value is -3.44. The van der Waals surface area contributed by atoms with Crippen molar-refractivity contribution in [2.24, 2.45) is 0 Å². The van der Waals surface area contributed by atoms with E-state index in [1.807, 2.05) is 0 Å². The van der Waals surface area contributed by atoms with E-state index < -0.39 is 55.9 Å². The van der Waals surface area contributed by atoms with Crippen molar-refractivity contribution in [1.82, 2.24) is 20.2 Å². The Kier molecular flexibility index (Phi) is 7.18. The molecule has 0 radical (unpaired) electrons.